The highest BCUT2D eigenvalue weighted by molar-refractivity contribution is 7.06. The predicted octanol–water partition coefficient (Wildman–Crippen LogP) is 5.03. The lowest BCUT2D eigenvalue weighted by Gasteiger charge is -2.34. The Hall–Kier alpha value is -1.86. The van der Waals surface area contributed by atoms with Crippen LogP contribution >= 0.6 is 0 Å². The van der Waals surface area contributed by atoms with Gasteiger partial charge < -0.3 is 0 Å². The van der Waals surface area contributed by atoms with Crippen LogP contribution in [0.15, 0.2) is 76.5 Å². The molecule has 0 aliphatic heterocycles. The Morgan fingerprint density at radius 1 is 0.708 bits per heavy atom. The molecule has 1 aliphatic rings. The first-order valence-corrected chi connectivity index (χ1v) is 11.4. The highest BCUT2D eigenvalue weighted by Crippen LogP contribution is 2.41. The van der Waals surface area contributed by atoms with E-state index in [0.717, 1.165) is 0 Å². The van der Waals surface area contributed by atoms with E-state index < -0.39 is 8.07 Å². The van der Waals surface area contributed by atoms with Crippen LogP contribution in [0.3, 0.4) is 0 Å². The molecule has 2 atom stereocenters. The van der Waals surface area contributed by atoms with Crippen LogP contribution in [0, 0.1) is 12.8 Å². The Morgan fingerprint density at radius 3 is 1.75 bits per heavy atom. The molecule has 0 radical (unpaired) electrons. The van der Waals surface area contributed by atoms with Crippen LogP contribution in [-0.2, 0) is 0 Å². The Labute approximate surface area is 147 Å². The molecule has 3 rings (SSSR count). The third-order valence-electron chi connectivity index (χ3n) is 6.16. The van der Waals surface area contributed by atoms with Gasteiger partial charge in [-0.3, -0.25) is 0 Å². The summed E-state index contributed by atoms with van der Waals surface area (Å²) in [6.45, 7) is 14.0. The van der Waals surface area contributed by atoms with E-state index in [4.69, 9.17) is 0 Å². The zero-order valence-electron chi connectivity index (χ0n) is 15.8. The molecule has 1 aliphatic carbocycles. The average Bonchev–Trinajstić information content (AvgIpc) is 2.79. The SMILES string of the molecule is CC1=C(C)C(C)C([Si](C)(c2ccccc2)c2ccc(C)cc2)=C1C. The van der Waals surface area contributed by atoms with Crippen molar-refractivity contribution >= 4 is 18.4 Å². The molecule has 0 amide bonds. The molecule has 0 fully saturated rings. The van der Waals surface area contributed by atoms with E-state index in [9.17, 15) is 0 Å². The number of benzene rings is 2. The highest BCUT2D eigenvalue weighted by atomic mass is 28.3. The third-order valence-corrected chi connectivity index (χ3v) is 11.0. The van der Waals surface area contributed by atoms with Gasteiger partial charge in [0, 0.05) is 0 Å². The molecule has 0 aromatic heterocycles. The van der Waals surface area contributed by atoms with E-state index in [0.29, 0.717) is 5.92 Å². The number of rotatable bonds is 3. The Balaban J connectivity index is 2.27. The van der Waals surface area contributed by atoms with Crippen LogP contribution in [-0.4, -0.2) is 8.07 Å². The van der Waals surface area contributed by atoms with Gasteiger partial charge in [0.2, 0.25) is 0 Å². The lowest BCUT2D eigenvalue weighted by Crippen LogP contribution is -2.58. The van der Waals surface area contributed by atoms with Crippen LogP contribution in [0.5, 0.6) is 0 Å². The summed E-state index contributed by atoms with van der Waals surface area (Å²) in [6.07, 6.45) is 0. The van der Waals surface area contributed by atoms with Gasteiger partial charge in [-0.05, 0) is 49.6 Å². The Morgan fingerprint density at radius 2 is 1.25 bits per heavy atom. The van der Waals surface area contributed by atoms with Crippen molar-refractivity contribution in [3.05, 3.63) is 82.1 Å². The van der Waals surface area contributed by atoms with Crippen LogP contribution in [0.4, 0.5) is 0 Å². The van der Waals surface area contributed by atoms with Crippen molar-refractivity contribution in [2.75, 3.05) is 0 Å². The van der Waals surface area contributed by atoms with Gasteiger partial charge in [-0.15, -0.1) is 0 Å². The summed E-state index contributed by atoms with van der Waals surface area (Å²) < 4.78 is 0. The quantitative estimate of drug-likeness (QED) is 0.692. The minimum Gasteiger partial charge on any atom is -0.0636 e. The Kier molecular flexibility index (Phi) is 4.40. The lowest BCUT2D eigenvalue weighted by atomic mass is 10.1. The van der Waals surface area contributed by atoms with E-state index in [1.165, 1.54) is 27.1 Å². The fourth-order valence-electron chi connectivity index (χ4n) is 4.31. The van der Waals surface area contributed by atoms with Crippen molar-refractivity contribution in [1.29, 1.82) is 0 Å². The molecular formula is C23H28Si. The van der Waals surface area contributed by atoms with Crippen LogP contribution in [0.2, 0.25) is 6.55 Å². The fourth-order valence-corrected chi connectivity index (χ4v) is 8.98. The van der Waals surface area contributed by atoms with E-state index in [2.05, 4.69) is 95.8 Å². The summed E-state index contributed by atoms with van der Waals surface area (Å²) in [7, 11) is -1.96. The summed E-state index contributed by atoms with van der Waals surface area (Å²) in [5.74, 6) is 0.545. The molecule has 0 spiro atoms. The van der Waals surface area contributed by atoms with Crippen molar-refractivity contribution in [3.8, 4) is 0 Å². The van der Waals surface area contributed by atoms with Gasteiger partial charge in [-0.25, -0.2) is 0 Å². The van der Waals surface area contributed by atoms with Crippen molar-refractivity contribution in [1.82, 2.24) is 0 Å². The molecule has 0 bridgehead atoms. The van der Waals surface area contributed by atoms with Gasteiger partial charge >= 0.3 is 0 Å². The summed E-state index contributed by atoms with van der Waals surface area (Å²) in [6, 6.07) is 20.5. The molecule has 1 heteroatoms. The van der Waals surface area contributed by atoms with Crippen LogP contribution in [0.1, 0.15) is 33.3 Å². The standard InChI is InChI=1S/C23H28Si/c1-16-12-14-22(15-13-16)24(6,21-10-8-7-9-11-21)23-19(4)17(2)18(3)20(23)5/h7-15,19H,1-6H3. The average molecular weight is 333 g/mol. The monoisotopic (exact) mass is 332 g/mol. The highest BCUT2D eigenvalue weighted by Gasteiger charge is 2.42. The van der Waals surface area contributed by atoms with E-state index in [1.807, 2.05) is 0 Å². The van der Waals surface area contributed by atoms with Crippen molar-refractivity contribution < 1.29 is 0 Å². The number of allylic oxidation sites excluding steroid dienone is 4. The zero-order chi connectivity index (χ0) is 17.5. The molecule has 2 aromatic rings. The van der Waals surface area contributed by atoms with Gasteiger partial charge in [-0.2, -0.15) is 0 Å². The fraction of sp³-hybridized carbons (Fsp3) is 0.304. The second-order valence-electron chi connectivity index (χ2n) is 7.43. The van der Waals surface area contributed by atoms with E-state index >= 15 is 0 Å². The van der Waals surface area contributed by atoms with Gasteiger partial charge in [-0.1, -0.05) is 90.0 Å². The van der Waals surface area contributed by atoms with Crippen molar-refractivity contribution in [3.63, 3.8) is 0 Å². The van der Waals surface area contributed by atoms with Gasteiger partial charge in [0.05, 0.1) is 0 Å². The van der Waals surface area contributed by atoms with E-state index in [-0.39, 0.29) is 0 Å². The minimum atomic E-state index is -1.96. The lowest BCUT2D eigenvalue weighted by molar-refractivity contribution is 0.850. The molecule has 124 valence electrons. The molecule has 24 heavy (non-hydrogen) atoms. The van der Waals surface area contributed by atoms with Gasteiger partial charge in [0.25, 0.3) is 0 Å². The van der Waals surface area contributed by atoms with Crippen LogP contribution < -0.4 is 10.4 Å². The third kappa shape index (κ3) is 2.52. The molecule has 0 nitrogen and oxygen atoms in total. The molecule has 0 N–H and O–H groups in total. The largest absolute Gasteiger partial charge is 0.142 e. The topological polar surface area (TPSA) is 0 Å². The maximum atomic E-state index is 2.54. The van der Waals surface area contributed by atoms with Crippen molar-refractivity contribution in [2.45, 2.75) is 41.2 Å². The zero-order valence-corrected chi connectivity index (χ0v) is 16.8. The van der Waals surface area contributed by atoms with Gasteiger partial charge in [0.15, 0.2) is 0 Å². The smallest absolute Gasteiger partial charge is 0.0636 e. The normalized spacial score (nSPS) is 20.5. The molecule has 2 unspecified atom stereocenters. The maximum absolute atomic E-state index is 2.54. The summed E-state index contributed by atoms with van der Waals surface area (Å²) in [4.78, 5) is 0. The molecule has 0 heterocycles. The first kappa shape index (κ1) is 17.0. The van der Waals surface area contributed by atoms with Crippen molar-refractivity contribution in [2.24, 2.45) is 5.92 Å². The number of aryl methyl sites for hydroxylation is 1. The molecular weight excluding hydrogens is 304 g/mol. The minimum absolute atomic E-state index is 0.545. The van der Waals surface area contributed by atoms with E-state index in [1.54, 1.807) is 10.8 Å². The first-order valence-electron chi connectivity index (χ1n) is 8.89. The second-order valence-corrected chi connectivity index (χ2v) is 11.4. The maximum Gasteiger partial charge on any atom is 0.142 e. The molecule has 0 saturated heterocycles. The predicted molar refractivity (Wildman–Crippen MR) is 109 cm³/mol. The first-order chi connectivity index (χ1) is 11.4. The van der Waals surface area contributed by atoms with Crippen LogP contribution in [0.25, 0.3) is 0 Å². The Bertz CT molecular complexity index is 809. The molecule has 2 aromatic carbocycles. The molecule has 0 saturated carbocycles. The summed E-state index contributed by atoms with van der Waals surface area (Å²) >= 11 is 0. The number of hydrogen-bond donors (Lipinski definition) is 0. The summed E-state index contributed by atoms with van der Waals surface area (Å²) in [5.41, 5.74) is 5.90. The second kappa shape index (κ2) is 6.21. The summed E-state index contributed by atoms with van der Waals surface area (Å²) in [5, 5.41) is 4.72. The number of hydrogen-bond acceptors (Lipinski definition) is 0. The van der Waals surface area contributed by atoms with Gasteiger partial charge in [0.1, 0.15) is 8.07 Å².